The van der Waals surface area contributed by atoms with E-state index in [4.69, 9.17) is 0 Å². The first-order chi connectivity index (χ1) is 10.2. The van der Waals surface area contributed by atoms with Crippen molar-refractivity contribution in [2.75, 3.05) is 0 Å². The molecule has 0 aliphatic heterocycles. The second-order valence-electron chi connectivity index (χ2n) is 4.71. The van der Waals surface area contributed by atoms with Gasteiger partial charge in [0.2, 0.25) is 0 Å². The predicted molar refractivity (Wildman–Crippen MR) is 86.6 cm³/mol. The number of hydrogen-bond acceptors (Lipinski definition) is 3. The molecular weight excluding hydrogens is 282 g/mol. The third-order valence-electron chi connectivity index (χ3n) is 3.22. The van der Waals surface area contributed by atoms with E-state index in [1.54, 1.807) is 11.3 Å². The Morgan fingerprint density at radius 2 is 2.10 bits per heavy atom. The van der Waals surface area contributed by atoms with Crippen LogP contribution in [0.3, 0.4) is 0 Å². The van der Waals surface area contributed by atoms with Crippen LogP contribution in [0.25, 0.3) is 10.9 Å². The number of hydrazone groups is 1. The molecule has 0 radical (unpaired) electrons. The van der Waals surface area contributed by atoms with Crippen LogP contribution >= 0.6 is 11.3 Å². The maximum Gasteiger partial charge on any atom is 0.259 e. The average molecular weight is 297 g/mol. The molecule has 0 spiro atoms. The Balaban J connectivity index is 1.68. The van der Waals surface area contributed by atoms with Crippen molar-refractivity contribution in [1.82, 2.24) is 9.99 Å². The molecule has 0 unspecified atom stereocenters. The maximum absolute atomic E-state index is 12.0. The molecule has 2 heterocycles. The first-order valence-corrected chi connectivity index (χ1v) is 7.53. The van der Waals surface area contributed by atoms with E-state index in [2.05, 4.69) is 10.5 Å². The van der Waals surface area contributed by atoms with Gasteiger partial charge in [-0.15, -0.1) is 11.3 Å². The number of para-hydroxylation sites is 1. The first kappa shape index (κ1) is 13.6. The van der Waals surface area contributed by atoms with Crippen LogP contribution in [0.4, 0.5) is 0 Å². The lowest BCUT2D eigenvalue weighted by Crippen LogP contribution is -2.23. The molecule has 0 saturated carbocycles. The average Bonchev–Trinajstić information content (AvgIpc) is 3.15. The Bertz CT molecular complexity index is 787. The fourth-order valence-corrected chi connectivity index (χ4v) is 2.83. The zero-order chi connectivity index (χ0) is 14.7. The van der Waals surface area contributed by atoms with E-state index in [-0.39, 0.29) is 12.5 Å². The van der Waals surface area contributed by atoms with Crippen LogP contribution in [0, 0.1) is 0 Å². The van der Waals surface area contributed by atoms with Gasteiger partial charge in [0.05, 0.1) is 5.71 Å². The van der Waals surface area contributed by atoms with Gasteiger partial charge < -0.3 is 4.57 Å². The van der Waals surface area contributed by atoms with Crippen molar-refractivity contribution in [3.63, 3.8) is 0 Å². The van der Waals surface area contributed by atoms with Crippen LogP contribution in [0.5, 0.6) is 0 Å². The SMILES string of the molecule is C/C(=N\NC(=O)Cn1ccc2ccccc21)c1cccs1. The Hall–Kier alpha value is -2.40. The van der Waals surface area contributed by atoms with E-state index in [1.807, 2.05) is 65.5 Å². The number of benzene rings is 1. The summed E-state index contributed by atoms with van der Waals surface area (Å²) in [5.74, 6) is -0.132. The number of hydrogen-bond donors (Lipinski definition) is 1. The molecule has 0 bridgehead atoms. The molecule has 1 aromatic carbocycles. The lowest BCUT2D eigenvalue weighted by molar-refractivity contribution is -0.121. The van der Waals surface area contributed by atoms with Gasteiger partial charge in [-0.3, -0.25) is 4.79 Å². The van der Waals surface area contributed by atoms with Gasteiger partial charge in [-0.2, -0.15) is 5.10 Å². The lowest BCUT2D eigenvalue weighted by atomic mass is 10.2. The van der Waals surface area contributed by atoms with Crippen LogP contribution < -0.4 is 5.43 Å². The van der Waals surface area contributed by atoms with Crippen molar-refractivity contribution in [2.45, 2.75) is 13.5 Å². The van der Waals surface area contributed by atoms with Crippen molar-refractivity contribution in [3.8, 4) is 0 Å². The van der Waals surface area contributed by atoms with Crippen LogP contribution in [-0.2, 0) is 11.3 Å². The molecule has 1 amide bonds. The monoisotopic (exact) mass is 297 g/mol. The van der Waals surface area contributed by atoms with Gasteiger partial charge in [-0.25, -0.2) is 5.43 Å². The van der Waals surface area contributed by atoms with E-state index >= 15 is 0 Å². The minimum absolute atomic E-state index is 0.132. The number of amides is 1. The Kier molecular flexibility index (Phi) is 3.83. The fraction of sp³-hybridized carbons (Fsp3) is 0.125. The van der Waals surface area contributed by atoms with Gasteiger partial charge in [0.25, 0.3) is 5.91 Å². The molecule has 0 saturated heterocycles. The van der Waals surface area contributed by atoms with E-state index in [1.165, 1.54) is 0 Å². The summed E-state index contributed by atoms with van der Waals surface area (Å²) in [6.07, 6.45) is 1.92. The van der Waals surface area contributed by atoms with E-state index in [0.29, 0.717) is 0 Å². The largest absolute Gasteiger partial charge is 0.338 e. The Labute approximate surface area is 126 Å². The summed E-state index contributed by atoms with van der Waals surface area (Å²) in [5, 5.41) is 7.26. The molecule has 0 atom stereocenters. The highest BCUT2D eigenvalue weighted by Gasteiger charge is 2.05. The second kappa shape index (κ2) is 5.93. The van der Waals surface area contributed by atoms with Crippen molar-refractivity contribution in [3.05, 3.63) is 58.9 Å². The number of carbonyl (C=O) groups is 1. The minimum Gasteiger partial charge on any atom is -0.338 e. The number of nitrogens with one attached hydrogen (secondary N) is 1. The van der Waals surface area contributed by atoms with E-state index in [9.17, 15) is 4.79 Å². The van der Waals surface area contributed by atoms with Crippen molar-refractivity contribution < 1.29 is 4.79 Å². The smallest absolute Gasteiger partial charge is 0.259 e. The highest BCUT2D eigenvalue weighted by molar-refractivity contribution is 7.12. The maximum atomic E-state index is 12.0. The molecule has 4 nitrogen and oxygen atoms in total. The summed E-state index contributed by atoms with van der Waals surface area (Å²) in [6.45, 7) is 2.14. The number of thiophene rings is 1. The molecule has 21 heavy (non-hydrogen) atoms. The molecule has 2 aromatic heterocycles. The second-order valence-corrected chi connectivity index (χ2v) is 5.66. The summed E-state index contributed by atoms with van der Waals surface area (Å²) < 4.78 is 1.92. The van der Waals surface area contributed by atoms with Gasteiger partial charge in [0.15, 0.2) is 0 Å². The third kappa shape index (κ3) is 3.03. The number of nitrogens with zero attached hydrogens (tertiary/aromatic N) is 2. The van der Waals surface area contributed by atoms with Gasteiger partial charge in [-0.1, -0.05) is 24.3 Å². The van der Waals surface area contributed by atoms with Crippen molar-refractivity contribution >= 4 is 33.9 Å². The van der Waals surface area contributed by atoms with Crippen molar-refractivity contribution in [2.24, 2.45) is 5.10 Å². The topological polar surface area (TPSA) is 46.4 Å². The zero-order valence-corrected chi connectivity index (χ0v) is 12.4. The third-order valence-corrected chi connectivity index (χ3v) is 4.20. The number of aromatic nitrogens is 1. The lowest BCUT2D eigenvalue weighted by Gasteiger charge is -2.04. The standard InChI is InChI=1S/C16H15N3OS/c1-12(15-7-4-10-21-15)17-18-16(20)11-19-9-8-13-5-2-3-6-14(13)19/h2-10H,11H2,1H3,(H,18,20)/b17-12+. The zero-order valence-electron chi connectivity index (χ0n) is 11.6. The highest BCUT2D eigenvalue weighted by atomic mass is 32.1. The first-order valence-electron chi connectivity index (χ1n) is 6.65. The summed E-state index contributed by atoms with van der Waals surface area (Å²) in [4.78, 5) is 13.0. The normalized spacial score (nSPS) is 11.8. The summed E-state index contributed by atoms with van der Waals surface area (Å²) in [7, 11) is 0. The minimum atomic E-state index is -0.132. The summed E-state index contributed by atoms with van der Waals surface area (Å²) in [6, 6.07) is 13.9. The van der Waals surface area contributed by atoms with Gasteiger partial charge in [-0.05, 0) is 35.9 Å². The fourth-order valence-electron chi connectivity index (χ4n) is 2.15. The molecule has 1 N–H and O–H groups in total. The quantitative estimate of drug-likeness (QED) is 0.583. The highest BCUT2D eigenvalue weighted by Crippen LogP contribution is 2.14. The summed E-state index contributed by atoms with van der Waals surface area (Å²) >= 11 is 1.60. The number of fused-ring (bicyclic) bond motifs is 1. The van der Waals surface area contributed by atoms with Crippen LogP contribution in [-0.4, -0.2) is 16.2 Å². The van der Waals surface area contributed by atoms with E-state index in [0.717, 1.165) is 21.5 Å². The van der Waals surface area contributed by atoms with Crippen LogP contribution in [0.15, 0.2) is 59.1 Å². The molecule has 3 aromatic rings. The molecule has 0 aliphatic rings. The Morgan fingerprint density at radius 3 is 2.90 bits per heavy atom. The van der Waals surface area contributed by atoms with E-state index < -0.39 is 0 Å². The predicted octanol–water partition coefficient (Wildman–Crippen LogP) is 3.24. The number of carbonyl (C=O) groups excluding carboxylic acids is 1. The molecule has 3 rings (SSSR count). The summed E-state index contributed by atoms with van der Waals surface area (Å²) in [5.41, 5.74) is 4.47. The van der Waals surface area contributed by atoms with Crippen molar-refractivity contribution in [1.29, 1.82) is 0 Å². The number of rotatable bonds is 4. The molecular formula is C16H15N3OS. The van der Waals surface area contributed by atoms with Gasteiger partial charge >= 0.3 is 0 Å². The van der Waals surface area contributed by atoms with Gasteiger partial charge in [0, 0.05) is 16.6 Å². The van der Waals surface area contributed by atoms with Gasteiger partial charge in [0.1, 0.15) is 6.54 Å². The van der Waals surface area contributed by atoms with Crippen LogP contribution in [0.1, 0.15) is 11.8 Å². The molecule has 5 heteroatoms. The molecule has 106 valence electrons. The molecule has 0 fully saturated rings. The Morgan fingerprint density at radius 1 is 1.24 bits per heavy atom. The molecule has 0 aliphatic carbocycles. The van der Waals surface area contributed by atoms with Crippen LogP contribution in [0.2, 0.25) is 0 Å².